The summed E-state index contributed by atoms with van der Waals surface area (Å²) in [7, 11) is 4.75. The Bertz CT molecular complexity index is 1480. The highest BCUT2D eigenvalue weighted by atomic mass is 16.5. The number of rotatable bonds is 9. The molecule has 0 atom stereocenters. The van der Waals surface area contributed by atoms with E-state index in [1.807, 2.05) is 91.0 Å². The van der Waals surface area contributed by atoms with Crippen LogP contribution >= 0.6 is 0 Å². The summed E-state index contributed by atoms with van der Waals surface area (Å²) < 4.78 is 22.4. The number of ether oxygens (including phenoxy) is 4. The van der Waals surface area contributed by atoms with Crippen LogP contribution in [0.1, 0.15) is 5.56 Å². The van der Waals surface area contributed by atoms with Crippen LogP contribution in [0.3, 0.4) is 0 Å². The van der Waals surface area contributed by atoms with Crippen LogP contribution < -0.4 is 24.3 Å². The molecule has 1 heterocycles. The van der Waals surface area contributed by atoms with Crippen molar-refractivity contribution in [2.24, 2.45) is 0 Å². The molecule has 0 bridgehead atoms. The Morgan fingerprint density at radius 1 is 0.703 bits per heavy atom. The Morgan fingerprint density at radius 3 is 2.05 bits per heavy atom. The fourth-order valence-corrected chi connectivity index (χ4v) is 4.02. The van der Waals surface area contributed by atoms with Gasteiger partial charge in [-0.05, 0) is 54.1 Å². The van der Waals surface area contributed by atoms with Crippen LogP contribution in [0.15, 0.2) is 91.0 Å². The van der Waals surface area contributed by atoms with Crippen molar-refractivity contribution in [3.8, 4) is 34.4 Å². The molecule has 0 radical (unpaired) electrons. The lowest BCUT2D eigenvalue weighted by atomic mass is 10.1. The molecular weight excluding hydrogens is 466 g/mol. The highest BCUT2D eigenvalue weighted by molar-refractivity contribution is 5.92. The third-order valence-corrected chi connectivity index (χ3v) is 5.89. The summed E-state index contributed by atoms with van der Waals surface area (Å²) in [5.74, 6) is 3.60. The van der Waals surface area contributed by atoms with Gasteiger partial charge in [-0.15, -0.1) is 0 Å². The number of hydrogen-bond acceptors (Lipinski definition) is 7. The largest absolute Gasteiger partial charge is 0.493 e. The van der Waals surface area contributed by atoms with Crippen molar-refractivity contribution >= 4 is 22.4 Å². The molecule has 0 spiro atoms. The molecule has 0 aliphatic carbocycles. The van der Waals surface area contributed by atoms with Crippen molar-refractivity contribution in [3.63, 3.8) is 0 Å². The predicted molar refractivity (Wildman–Crippen MR) is 145 cm³/mol. The summed E-state index contributed by atoms with van der Waals surface area (Å²) in [5, 5.41) is 4.35. The van der Waals surface area contributed by atoms with E-state index in [0.29, 0.717) is 35.5 Å². The first-order chi connectivity index (χ1) is 18.2. The minimum Gasteiger partial charge on any atom is -0.493 e. The van der Waals surface area contributed by atoms with Gasteiger partial charge in [0.25, 0.3) is 0 Å². The number of para-hydroxylation sites is 1. The zero-order chi connectivity index (χ0) is 25.6. The van der Waals surface area contributed by atoms with Crippen molar-refractivity contribution < 1.29 is 18.9 Å². The number of aromatic nitrogens is 2. The smallest absolute Gasteiger partial charge is 0.203 e. The molecule has 7 nitrogen and oxygen atoms in total. The number of benzene rings is 4. The second kappa shape index (κ2) is 10.9. The van der Waals surface area contributed by atoms with Gasteiger partial charge in [0, 0.05) is 16.6 Å². The van der Waals surface area contributed by atoms with E-state index >= 15 is 0 Å². The zero-order valence-electron chi connectivity index (χ0n) is 20.9. The van der Waals surface area contributed by atoms with Gasteiger partial charge in [0.05, 0.1) is 26.8 Å². The second-order valence-corrected chi connectivity index (χ2v) is 8.25. The fraction of sp³-hybridized carbons (Fsp3) is 0.133. The number of nitrogens with one attached hydrogen (secondary N) is 1. The average Bonchev–Trinajstić information content (AvgIpc) is 2.96. The second-order valence-electron chi connectivity index (χ2n) is 8.25. The first-order valence-corrected chi connectivity index (χ1v) is 11.8. The van der Waals surface area contributed by atoms with E-state index in [-0.39, 0.29) is 0 Å². The minimum atomic E-state index is 0.516. The van der Waals surface area contributed by atoms with Gasteiger partial charge in [0.1, 0.15) is 18.2 Å². The average molecular weight is 494 g/mol. The highest BCUT2D eigenvalue weighted by Gasteiger charge is 2.17. The van der Waals surface area contributed by atoms with Crippen LogP contribution in [-0.2, 0) is 6.61 Å². The molecule has 0 aliphatic rings. The number of nitrogens with zero attached hydrogens (tertiary/aromatic N) is 2. The molecule has 4 aromatic carbocycles. The summed E-state index contributed by atoms with van der Waals surface area (Å²) >= 11 is 0. The monoisotopic (exact) mass is 493 g/mol. The molecule has 1 N–H and O–H groups in total. The molecule has 5 rings (SSSR count). The van der Waals surface area contributed by atoms with E-state index in [2.05, 4.69) is 5.32 Å². The van der Waals surface area contributed by atoms with Gasteiger partial charge in [-0.3, -0.25) is 0 Å². The maximum absolute atomic E-state index is 5.92. The SMILES string of the molecule is COc1cc(-c2nc(Nc3ccc(OCc4ccccc4)cc3)c3ccccc3n2)cc(OC)c1OC. The van der Waals surface area contributed by atoms with Crippen molar-refractivity contribution in [1.29, 1.82) is 0 Å². The van der Waals surface area contributed by atoms with Crippen LogP contribution in [0, 0.1) is 0 Å². The van der Waals surface area contributed by atoms with E-state index in [0.717, 1.165) is 33.5 Å². The maximum Gasteiger partial charge on any atom is 0.203 e. The predicted octanol–water partition coefficient (Wildman–Crippen LogP) is 6.65. The first-order valence-electron chi connectivity index (χ1n) is 11.8. The number of fused-ring (bicyclic) bond motifs is 1. The van der Waals surface area contributed by atoms with Gasteiger partial charge in [0.2, 0.25) is 5.75 Å². The van der Waals surface area contributed by atoms with E-state index in [1.54, 1.807) is 21.3 Å². The Hall–Kier alpha value is -4.78. The van der Waals surface area contributed by atoms with E-state index in [9.17, 15) is 0 Å². The standard InChI is InChI=1S/C30H27N3O4/c1-34-26-17-21(18-27(35-2)28(26)36-3)29-32-25-12-8-7-11-24(25)30(33-29)31-22-13-15-23(16-14-22)37-19-20-9-5-4-6-10-20/h4-18H,19H2,1-3H3,(H,31,32,33). The summed E-state index contributed by atoms with van der Waals surface area (Å²) in [4.78, 5) is 9.66. The van der Waals surface area contributed by atoms with E-state index in [1.165, 1.54) is 0 Å². The number of methoxy groups -OCH3 is 3. The molecule has 0 fully saturated rings. The molecular formula is C30H27N3O4. The minimum absolute atomic E-state index is 0.516. The fourth-order valence-electron chi connectivity index (χ4n) is 4.02. The Balaban J connectivity index is 1.45. The highest BCUT2D eigenvalue weighted by Crippen LogP contribution is 2.41. The topological polar surface area (TPSA) is 74.7 Å². The number of hydrogen-bond donors (Lipinski definition) is 1. The molecule has 0 aliphatic heterocycles. The van der Waals surface area contributed by atoms with Crippen LogP contribution in [0.5, 0.6) is 23.0 Å². The van der Waals surface area contributed by atoms with Gasteiger partial charge >= 0.3 is 0 Å². The molecule has 5 aromatic rings. The van der Waals surface area contributed by atoms with E-state index < -0.39 is 0 Å². The third-order valence-electron chi connectivity index (χ3n) is 5.89. The lowest BCUT2D eigenvalue weighted by Gasteiger charge is -2.15. The van der Waals surface area contributed by atoms with Crippen LogP contribution in [0.25, 0.3) is 22.3 Å². The summed E-state index contributed by atoms with van der Waals surface area (Å²) in [6, 6.07) is 29.5. The van der Waals surface area contributed by atoms with Crippen LogP contribution in [0.2, 0.25) is 0 Å². The molecule has 7 heteroatoms. The molecule has 186 valence electrons. The van der Waals surface area contributed by atoms with Gasteiger partial charge in [-0.2, -0.15) is 0 Å². The normalized spacial score (nSPS) is 10.7. The van der Waals surface area contributed by atoms with E-state index in [4.69, 9.17) is 28.9 Å². The Morgan fingerprint density at radius 2 is 1.38 bits per heavy atom. The Labute approximate surface area is 215 Å². The molecule has 0 amide bonds. The molecule has 37 heavy (non-hydrogen) atoms. The maximum atomic E-state index is 5.92. The summed E-state index contributed by atoms with van der Waals surface area (Å²) in [6.45, 7) is 0.516. The molecule has 0 saturated heterocycles. The number of anilines is 2. The van der Waals surface area contributed by atoms with Crippen molar-refractivity contribution in [3.05, 3.63) is 96.6 Å². The molecule has 0 unspecified atom stereocenters. The van der Waals surface area contributed by atoms with Gasteiger partial charge in [-0.1, -0.05) is 42.5 Å². The summed E-state index contributed by atoms with van der Waals surface area (Å²) in [5.41, 5.74) is 3.56. The summed E-state index contributed by atoms with van der Waals surface area (Å²) in [6.07, 6.45) is 0. The van der Waals surface area contributed by atoms with Crippen molar-refractivity contribution in [2.75, 3.05) is 26.6 Å². The Kier molecular flexibility index (Phi) is 7.03. The zero-order valence-corrected chi connectivity index (χ0v) is 20.9. The van der Waals surface area contributed by atoms with Crippen molar-refractivity contribution in [1.82, 2.24) is 9.97 Å². The lowest BCUT2D eigenvalue weighted by molar-refractivity contribution is 0.306. The third kappa shape index (κ3) is 5.26. The molecule has 0 saturated carbocycles. The van der Waals surface area contributed by atoms with Crippen LogP contribution in [-0.4, -0.2) is 31.3 Å². The lowest BCUT2D eigenvalue weighted by Crippen LogP contribution is -2.01. The molecule has 1 aromatic heterocycles. The van der Waals surface area contributed by atoms with Gasteiger partial charge < -0.3 is 24.3 Å². The quantitative estimate of drug-likeness (QED) is 0.247. The van der Waals surface area contributed by atoms with Crippen LogP contribution in [0.4, 0.5) is 11.5 Å². The van der Waals surface area contributed by atoms with Gasteiger partial charge in [-0.25, -0.2) is 9.97 Å². The van der Waals surface area contributed by atoms with Crippen molar-refractivity contribution in [2.45, 2.75) is 6.61 Å². The van der Waals surface area contributed by atoms with Gasteiger partial charge in [0.15, 0.2) is 17.3 Å². The first kappa shape index (κ1) is 23.9.